The molecule has 1 amide bonds. The zero-order chi connectivity index (χ0) is 13.8. The van der Waals surface area contributed by atoms with Crippen LogP contribution in [0, 0.1) is 13.8 Å². The fourth-order valence-corrected chi connectivity index (χ4v) is 1.92. The molecule has 0 fully saturated rings. The molecule has 0 spiro atoms. The lowest BCUT2D eigenvalue weighted by atomic mass is 10.2. The number of aliphatic hydroxyl groups excluding tert-OH is 1. The topological polar surface area (TPSA) is 67.2 Å². The van der Waals surface area contributed by atoms with E-state index in [2.05, 4.69) is 10.4 Å². The molecule has 0 saturated heterocycles. The van der Waals surface area contributed by atoms with Gasteiger partial charge in [0.1, 0.15) is 0 Å². The number of benzene rings is 1. The standard InChI is InChI=1S/C14H17N3O2/c1-10-9-11(2)17(16-10)13-5-3-12(4-6-13)14(19)15-7-8-18/h3-6,9,18H,7-8H2,1-2H3,(H,15,19). The summed E-state index contributed by atoms with van der Waals surface area (Å²) < 4.78 is 1.84. The first kappa shape index (κ1) is 13.3. The van der Waals surface area contributed by atoms with Gasteiger partial charge in [-0.05, 0) is 44.2 Å². The van der Waals surface area contributed by atoms with Crippen molar-refractivity contribution in [3.05, 3.63) is 47.3 Å². The molecule has 2 rings (SSSR count). The third-order valence-electron chi connectivity index (χ3n) is 2.78. The largest absolute Gasteiger partial charge is 0.395 e. The van der Waals surface area contributed by atoms with Crippen LogP contribution in [0.4, 0.5) is 0 Å². The van der Waals surface area contributed by atoms with Crippen molar-refractivity contribution >= 4 is 5.91 Å². The summed E-state index contributed by atoms with van der Waals surface area (Å²) in [6.45, 7) is 4.13. The fraction of sp³-hybridized carbons (Fsp3) is 0.286. The van der Waals surface area contributed by atoms with E-state index in [1.807, 2.05) is 36.7 Å². The maximum Gasteiger partial charge on any atom is 0.251 e. The molecular formula is C14H17N3O2. The number of carbonyl (C=O) groups excluding carboxylic acids is 1. The lowest BCUT2D eigenvalue weighted by Crippen LogP contribution is -2.26. The van der Waals surface area contributed by atoms with Crippen molar-refractivity contribution in [2.24, 2.45) is 0 Å². The summed E-state index contributed by atoms with van der Waals surface area (Å²) in [5, 5.41) is 15.7. The molecule has 100 valence electrons. The molecule has 1 aromatic heterocycles. The highest BCUT2D eigenvalue weighted by Gasteiger charge is 2.07. The van der Waals surface area contributed by atoms with Gasteiger partial charge in [-0.25, -0.2) is 4.68 Å². The van der Waals surface area contributed by atoms with Crippen LogP contribution in [0.15, 0.2) is 30.3 Å². The third kappa shape index (κ3) is 3.00. The number of amides is 1. The average molecular weight is 259 g/mol. The zero-order valence-corrected chi connectivity index (χ0v) is 11.1. The van der Waals surface area contributed by atoms with Crippen LogP contribution in [0.25, 0.3) is 5.69 Å². The molecule has 5 heteroatoms. The van der Waals surface area contributed by atoms with Gasteiger partial charge in [0.15, 0.2) is 0 Å². The fourth-order valence-electron chi connectivity index (χ4n) is 1.92. The quantitative estimate of drug-likeness (QED) is 0.867. The van der Waals surface area contributed by atoms with Crippen molar-refractivity contribution in [3.8, 4) is 5.69 Å². The molecule has 0 unspecified atom stereocenters. The Morgan fingerprint density at radius 2 is 2.00 bits per heavy atom. The molecule has 0 aliphatic rings. The number of aliphatic hydroxyl groups is 1. The number of hydrogen-bond acceptors (Lipinski definition) is 3. The second-order valence-electron chi connectivity index (χ2n) is 4.37. The van der Waals surface area contributed by atoms with Crippen LogP contribution in [-0.2, 0) is 0 Å². The monoisotopic (exact) mass is 259 g/mol. The molecule has 1 aromatic carbocycles. The van der Waals surface area contributed by atoms with Crippen molar-refractivity contribution in [3.63, 3.8) is 0 Å². The molecular weight excluding hydrogens is 242 g/mol. The first-order valence-corrected chi connectivity index (χ1v) is 6.14. The van der Waals surface area contributed by atoms with Crippen molar-refractivity contribution in [2.45, 2.75) is 13.8 Å². The van der Waals surface area contributed by atoms with E-state index in [0.717, 1.165) is 17.1 Å². The van der Waals surface area contributed by atoms with E-state index in [1.165, 1.54) is 0 Å². The molecule has 19 heavy (non-hydrogen) atoms. The second kappa shape index (κ2) is 5.67. The van der Waals surface area contributed by atoms with E-state index in [-0.39, 0.29) is 19.1 Å². The maximum absolute atomic E-state index is 11.7. The van der Waals surface area contributed by atoms with E-state index >= 15 is 0 Å². The Balaban J connectivity index is 2.19. The van der Waals surface area contributed by atoms with Gasteiger partial charge in [0.05, 0.1) is 18.0 Å². The van der Waals surface area contributed by atoms with Gasteiger partial charge in [-0.15, -0.1) is 0 Å². The molecule has 2 aromatic rings. The average Bonchev–Trinajstić information content (AvgIpc) is 2.75. The van der Waals surface area contributed by atoms with Gasteiger partial charge in [-0.3, -0.25) is 4.79 Å². The predicted octanol–water partition coefficient (Wildman–Crippen LogP) is 1.21. The smallest absolute Gasteiger partial charge is 0.251 e. The Morgan fingerprint density at radius 1 is 1.32 bits per heavy atom. The van der Waals surface area contributed by atoms with E-state index in [0.29, 0.717) is 5.56 Å². The van der Waals surface area contributed by atoms with Gasteiger partial charge in [0.25, 0.3) is 5.91 Å². The van der Waals surface area contributed by atoms with Crippen LogP contribution in [0.1, 0.15) is 21.7 Å². The molecule has 0 bridgehead atoms. The number of aryl methyl sites for hydroxylation is 2. The maximum atomic E-state index is 11.7. The Hall–Kier alpha value is -2.14. The number of nitrogens with one attached hydrogen (secondary N) is 1. The summed E-state index contributed by atoms with van der Waals surface area (Å²) >= 11 is 0. The number of nitrogens with zero attached hydrogens (tertiary/aromatic N) is 2. The second-order valence-corrected chi connectivity index (χ2v) is 4.37. The number of rotatable bonds is 4. The van der Waals surface area contributed by atoms with Crippen LogP contribution >= 0.6 is 0 Å². The van der Waals surface area contributed by atoms with E-state index in [4.69, 9.17) is 5.11 Å². The van der Waals surface area contributed by atoms with Crippen LogP contribution < -0.4 is 5.32 Å². The van der Waals surface area contributed by atoms with Crippen LogP contribution in [0.3, 0.4) is 0 Å². The molecule has 0 aliphatic heterocycles. The summed E-state index contributed by atoms with van der Waals surface area (Å²) in [5.41, 5.74) is 3.50. The van der Waals surface area contributed by atoms with Gasteiger partial charge in [-0.1, -0.05) is 0 Å². The minimum Gasteiger partial charge on any atom is -0.395 e. The summed E-state index contributed by atoms with van der Waals surface area (Å²) in [5.74, 6) is -0.186. The normalized spacial score (nSPS) is 10.5. The molecule has 2 N–H and O–H groups in total. The first-order valence-electron chi connectivity index (χ1n) is 6.14. The highest BCUT2D eigenvalue weighted by molar-refractivity contribution is 5.94. The van der Waals surface area contributed by atoms with Gasteiger partial charge < -0.3 is 10.4 Å². The highest BCUT2D eigenvalue weighted by Crippen LogP contribution is 2.13. The minimum atomic E-state index is -0.186. The Bertz CT molecular complexity index is 573. The number of hydrogen-bond donors (Lipinski definition) is 2. The van der Waals surface area contributed by atoms with Crippen LogP contribution in [-0.4, -0.2) is 33.9 Å². The molecule has 0 atom stereocenters. The highest BCUT2D eigenvalue weighted by atomic mass is 16.3. The van der Waals surface area contributed by atoms with Crippen molar-refractivity contribution < 1.29 is 9.90 Å². The predicted molar refractivity (Wildman–Crippen MR) is 72.5 cm³/mol. The van der Waals surface area contributed by atoms with E-state index < -0.39 is 0 Å². The summed E-state index contributed by atoms with van der Waals surface area (Å²) in [4.78, 5) is 11.7. The third-order valence-corrected chi connectivity index (χ3v) is 2.78. The van der Waals surface area contributed by atoms with Gasteiger partial charge >= 0.3 is 0 Å². The zero-order valence-electron chi connectivity index (χ0n) is 11.1. The van der Waals surface area contributed by atoms with Crippen LogP contribution in [0.5, 0.6) is 0 Å². The lowest BCUT2D eigenvalue weighted by Gasteiger charge is -2.06. The lowest BCUT2D eigenvalue weighted by molar-refractivity contribution is 0.0945. The Kier molecular flexibility index (Phi) is 3.97. The molecule has 0 radical (unpaired) electrons. The van der Waals surface area contributed by atoms with Gasteiger partial charge in [0, 0.05) is 17.8 Å². The minimum absolute atomic E-state index is 0.0599. The Morgan fingerprint density at radius 3 is 2.53 bits per heavy atom. The van der Waals surface area contributed by atoms with E-state index in [1.54, 1.807) is 12.1 Å². The molecule has 0 saturated carbocycles. The molecule has 0 aliphatic carbocycles. The summed E-state index contributed by atoms with van der Waals surface area (Å²) in [6.07, 6.45) is 0. The Labute approximate surface area is 111 Å². The van der Waals surface area contributed by atoms with Crippen LogP contribution in [0.2, 0.25) is 0 Å². The SMILES string of the molecule is Cc1cc(C)n(-c2ccc(C(=O)NCCO)cc2)n1. The van der Waals surface area contributed by atoms with Gasteiger partial charge in [0.2, 0.25) is 0 Å². The van der Waals surface area contributed by atoms with E-state index in [9.17, 15) is 4.79 Å². The first-order chi connectivity index (χ1) is 9.11. The van der Waals surface area contributed by atoms with Crippen molar-refractivity contribution in [2.75, 3.05) is 13.2 Å². The molecule has 5 nitrogen and oxygen atoms in total. The number of carbonyl (C=O) groups is 1. The van der Waals surface area contributed by atoms with Crippen molar-refractivity contribution in [1.29, 1.82) is 0 Å². The van der Waals surface area contributed by atoms with Gasteiger partial charge in [-0.2, -0.15) is 5.10 Å². The number of aromatic nitrogens is 2. The van der Waals surface area contributed by atoms with Crippen molar-refractivity contribution in [1.82, 2.24) is 15.1 Å². The summed E-state index contributed by atoms with van der Waals surface area (Å²) in [6, 6.07) is 9.21. The molecule has 1 heterocycles. The summed E-state index contributed by atoms with van der Waals surface area (Å²) in [7, 11) is 0.